The number of thiol groups is 1. The van der Waals surface area contributed by atoms with Crippen molar-refractivity contribution in [3.63, 3.8) is 0 Å². The number of phenols is 1. The van der Waals surface area contributed by atoms with Gasteiger partial charge >= 0.3 is 0 Å². The van der Waals surface area contributed by atoms with E-state index in [2.05, 4.69) is 48.6 Å². The average molecular weight is 619 g/mol. The molecule has 0 aliphatic heterocycles. The number of carbonyl (C=O) groups is 2. The third kappa shape index (κ3) is 11.9. The summed E-state index contributed by atoms with van der Waals surface area (Å²) < 4.78 is 5.14. The minimum atomic E-state index is -0.569. The van der Waals surface area contributed by atoms with Gasteiger partial charge in [-0.2, -0.15) is 0 Å². The van der Waals surface area contributed by atoms with Crippen LogP contribution in [0, 0.1) is 5.92 Å². The molecule has 1 aromatic heterocycles. The van der Waals surface area contributed by atoms with Crippen molar-refractivity contribution in [2.45, 2.75) is 51.5 Å². The molecule has 4 aromatic rings. The van der Waals surface area contributed by atoms with E-state index in [0.717, 1.165) is 45.5 Å². The smallest absolute Gasteiger partial charge is 0.211 e. The maximum atomic E-state index is 12.5. The van der Waals surface area contributed by atoms with Crippen LogP contribution in [0.15, 0.2) is 90.5 Å². The molecule has 6 nitrogen and oxygen atoms in total. The van der Waals surface area contributed by atoms with E-state index >= 15 is 0 Å². The number of methoxy groups -OCH3 is 1. The van der Waals surface area contributed by atoms with Crippen LogP contribution in [0.4, 0.5) is 0 Å². The van der Waals surface area contributed by atoms with E-state index in [0.29, 0.717) is 30.9 Å². The Kier molecular flexibility index (Phi) is 14.3. The molecule has 0 fully saturated rings. The number of aromatic hydroxyl groups is 1. The van der Waals surface area contributed by atoms with E-state index < -0.39 is 6.04 Å². The van der Waals surface area contributed by atoms with Gasteiger partial charge in [-0.1, -0.05) is 74.1 Å². The van der Waals surface area contributed by atoms with Crippen molar-refractivity contribution in [3.05, 3.63) is 107 Å². The highest BCUT2D eigenvalue weighted by Gasteiger charge is 2.20. The number of fused-ring (bicyclic) bond motifs is 1. The summed E-state index contributed by atoms with van der Waals surface area (Å²) >= 11 is 5.44. The van der Waals surface area contributed by atoms with Crippen molar-refractivity contribution >= 4 is 46.8 Å². The number of phenolic OH excluding ortho intramolecular Hbond substituents is 1. The highest BCUT2D eigenvalue weighted by Crippen LogP contribution is 2.22. The molecule has 228 valence electrons. The third-order valence-electron chi connectivity index (χ3n) is 7.10. The summed E-state index contributed by atoms with van der Waals surface area (Å²) in [6, 6.07) is 22.6. The molecular weight excluding hydrogens is 577 g/mol. The molecule has 0 radical (unpaired) electrons. The zero-order valence-corrected chi connectivity index (χ0v) is 26.6. The van der Waals surface area contributed by atoms with Crippen molar-refractivity contribution in [2.24, 2.45) is 5.92 Å². The first-order valence-electron chi connectivity index (χ1n) is 14.5. The fourth-order valence-electron chi connectivity index (χ4n) is 4.85. The molecule has 0 bridgehead atoms. The predicted octanol–water partition coefficient (Wildman–Crippen LogP) is 7.52. The van der Waals surface area contributed by atoms with Crippen LogP contribution in [0.5, 0.6) is 11.5 Å². The lowest BCUT2D eigenvalue weighted by Gasteiger charge is -2.14. The van der Waals surface area contributed by atoms with Gasteiger partial charge < -0.3 is 20.1 Å². The molecule has 0 aliphatic carbocycles. The van der Waals surface area contributed by atoms with Crippen LogP contribution in [0.3, 0.4) is 0 Å². The fourth-order valence-corrected chi connectivity index (χ4v) is 6.05. The van der Waals surface area contributed by atoms with E-state index in [4.69, 9.17) is 4.74 Å². The lowest BCUT2D eigenvalue weighted by molar-refractivity contribution is -0.117. The van der Waals surface area contributed by atoms with Gasteiger partial charge in [0.05, 0.1) is 7.11 Å². The van der Waals surface area contributed by atoms with E-state index in [-0.39, 0.29) is 10.9 Å². The Balaban J connectivity index is 0.000000259. The number of ether oxygens (including phenoxy) is 1. The number of hydrogen-bond acceptors (Lipinski definition) is 6. The van der Waals surface area contributed by atoms with Crippen LogP contribution < -0.4 is 10.1 Å². The zero-order valence-electron chi connectivity index (χ0n) is 24.9. The normalized spacial score (nSPS) is 12.1. The summed E-state index contributed by atoms with van der Waals surface area (Å²) in [7, 11) is 1.70. The largest absolute Gasteiger partial charge is 0.508 e. The van der Waals surface area contributed by atoms with Crippen LogP contribution in [0.2, 0.25) is 0 Å². The van der Waals surface area contributed by atoms with E-state index in [1.165, 1.54) is 30.2 Å². The number of aromatic amines is 1. The summed E-state index contributed by atoms with van der Waals surface area (Å²) in [6.07, 6.45) is 8.17. The lowest BCUT2D eigenvalue weighted by Crippen LogP contribution is -2.36. The molecule has 1 heterocycles. The molecule has 0 saturated heterocycles. The standard InChI is InChI=1S/C20H20N2O3S.C15H22OS/c23-13-22-19(11-15-12-21-18-7-2-1-6-17(15)18)20(25)26-9-8-14-4-3-5-16(24)10-14;1-12(11-13(2)17)5-4-6-14-7-9-15(16-3)10-8-14/h1-7,10,12-13,19,21,24H,8-9,11H2,(H,22,23);7-10,12,17H,2,4-6,11H2,1,3H3/t19-;12-/m01/s1. The number of amides is 1. The second-order valence-corrected chi connectivity index (χ2v) is 12.3. The number of thioether (sulfide) groups is 1. The molecule has 1 amide bonds. The first-order valence-corrected chi connectivity index (χ1v) is 15.9. The zero-order chi connectivity index (χ0) is 31.0. The Bertz CT molecular complexity index is 1450. The van der Waals surface area contributed by atoms with E-state index in [9.17, 15) is 14.7 Å². The van der Waals surface area contributed by atoms with E-state index in [1.54, 1.807) is 25.3 Å². The fraction of sp³-hybridized carbons (Fsp3) is 0.314. The number of allylic oxidation sites excluding steroid dienone is 1. The highest BCUT2D eigenvalue weighted by molar-refractivity contribution is 8.13. The van der Waals surface area contributed by atoms with Crippen LogP contribution in [-0.2, 0) is 28.9 Å². The quantitative estimate of drug-likeness (QED) is 0.0817. The predicted molar refractivity (Wildman–Crippen MR) is 182 cm³/mol. The molecule has 0 aliphatic rings. The first kappa shape index (κ1) is 33.9. The van der Waals surface area contributed by atoms with Crippen molar-refractivity contribution in [2.75, 3.05) is 12.9 Å². The van der Waals surface area contributed by atoms with Gasteiger partial charge in [0.25, 0.3) is 0 Å². The minimum Gasteiger partial charge on any atom is -0.508 e. The number of rotatable bonds is 15. The summed E-state index contributed by atoms with van der Waals surface area (Å²) in [4.78, 5) is 27.6. The summed E-state index contributed by atoms with van der Waals surface area (Å²) in [6.45, 7) is 6.09. The molecule has 0 unspecified atom stereocenters. The van der Waals surface area contributed by atoms with Gasteiger partial charge in [0, 0.05) is 29.3 Å². The number of benzene rings is 3. The van der Waals surface area contributed by atoms with Crippen molar-refractivity contribution in [1.29, 1.82) is 0 Å². The van der Waals surface area contributed by atoms with Gasteiger partial charge in [0.15, 0.2) is 0 Å². The van der Waals surface area contributed by atoms with Crippen LogP contribution >= 0.6 is 24.4 Å². The topological polar surface area (TPSA) is 91.4 Å². The minimum absolute atomic E-state index is 0.0671. The summed E-state index contributed by atoms with van der Waals surface area (Å²) in [5.74, 6) is 2.41. The SMILES string of the molecule is C=C(S)C[C@H](C)CCCc1ccc(OC)cc1.O=CN[C@@H](Cc1c[nH]c2ccccc12)C(=O)SCCc1cccc(O)c1. The molecular formula is C35H42N2O4S2. The van der Waals surface area contributed by atoms with Crippen molar-refractivity contribution < 1.29 is 19.4 Å². The Morgan fingerprint density at radius 3 is 2.56 bits per heavy atom. The molecule has 3 N–H and O–H groups in total. The number of nitrogens with one attached hydrogen (secondary N) is 2. The average Bonchev–Trinajstić information content (AvgIpc) is 3.40. The molecule has 3 aromatic carbocycles. The summed E-state index contributed by atoms with van der Waals surface area (Å²) in [5.41, 5.74) is 4.36. The Hall–Kier alpha value is -3.62. The monoisotopic (exact) mass is 618 g/mol. The van der Waals surface area contributed by atoms with Gasteiger partial charge in [-0.3, -0.25) is 9.59 Å². The van der Waals surface area contributed by atoms with Gasteiger partial charge in [-0.05, 0) is 83.5 Å². The number of para-hydroxylation sites is 1. The third-order valence-corrected chi connectivity index (χ3v) is 8.26. The van der Waals surface area contributed by atoms with Crippen molar-refractivity contribution in [3.8, 4) is 11.5 Å². The van der Waals surface area contributed by atoms with Gasteiger partial charge in [-0.15, -0.1) is 12.6 Å². The van der Waals surface area contributed by atoms with Crippen LogP contribution in [0.25, 0.3) is 10.9 Å². The van der Waals surface area contributed by atoms with Crippen LogP contribution in [0.1, 0.15) is 42.9 Å². The molecule has 43 heavy (non-hydrogen) atoms. The van der Waals surface area contributed by atoms with Gasteiger partial charge in [-0.25, -0.2) is 0 Å². The van der Waals surface area contributed by atoms with Gasteiger partial charge in [0.2, 0.25) is 11.5 Å². The number of aryl methyl sites for hydroxylation is 2. The lowest BCUT2D eigenvalue weighted by atomic mass is 9.98. The van der Waals surface area contributed by atoms with Gasteiger partial charge in [0.1, 0.15) is 17.5 Å². The molecule has 0 saturated carbocycles. The molecule has 4 rings (SSSR count). The van der Waals surface area contributed by atoms with Crippen LogP contribution in [-0.4, -0.2) is 40.5 Å². The maximum absolute atomic E-state index is 12.5. The molecule has 0 spiro atoms. The number of aromatic nitrogens is 1. The first-order chi connectivity index (χ1) is 20.8. The molecule has 8 heteroatoms. The van der Waals surface area contributed by atoms with E-state index in [1.807, 2.05) is 48.7 Å². The summed E-state index contributed by atoms with van der Waals surface area (Å²) in [5, 5.41) is 13.1. The second-order valence-electron chi connectivity index (χ2n) is 10.6. The Labute approximate surface area is 264 Å². The highest BCUT2D eigenvalue weighted by atomic mass is 32.2. The number of hydrogen-bond donors (Lipinski definition) is 4. The Morgan fingerprint density at radius 2 is 1.86 bits per heavy atom. The van der Waals surface area contributed by atoms with Crippen molar-refractivity contribution in [1.82, 2.24) is 10.3 Å². The Morgan fingerprint density at radius 1 is 1.09 bits per heavy atom. The number of H-pyrrole nitrogens is 1. The number of carbonyl (C=O) groups excluding carboxylic acids is 2. The maximum Gasteiger partial charge on any atom is 0.211 e. The molecule has 2 atom stereocenters. The second kappa shape index (κ2) is 18.1.